The van der Waals surface area contributed by atoms with Crippen LogP contribution < -0.4 is 4.74 Å². The fraction of sp³-hybridized carbons (Fsp3) is 0.300. The number of benzene rings is 2. The van der Waals surface area contributed by atoms with Crippen molar-refractivity contribution >= 4 is 16.7 Å². The lowest BCUT2D eigenvalue weighted by Crippen LogP contribution is -2.14. The third kappa shape index (κ3) is 3.99. The van der Waals surface area contributed by atoms with Crippen LogP contribution in [0.2, 0.25) is 0 Å². The molecule has 0 aliphatic carbocycles. The van der Waals surface area contributed by atoms with E-state index in [4.69, 9.17) is 9.47 Å². The van der Waals surface area contributed by atoms with E-state index >= 15 is 0 Å². The Morgan fingerprint density at radius 2 is 1.92 bits per heavy atom. The molecular weight excluding hydrogens is 316 g/mol. The van der Waals surface area contributed by atoms with Gasteiger partial charge in [0.1, 0.15) is 11.9 Å². The fourth-order valence-corrected chi connectivity index (χ4v) is 2.81. The average Bonchev–Trinajstić information content (AvgIpc) is 3.15. The van der Waals surface area contributed by atoms with E-state index in [0.29, 0.717) is 6.42 Å². The fourth-order valence-electron chi connectivity index (χ4n) is 2.81. The molecular formula is C20H22N2O3. The van der Waals surface area contributed by atoms with Gasteiger partial charge in [0.2, 0.25) is 0 Å². The first-order valence-electron chi connectivity index (χ1n) is 8.31. The van der Waals surface area contributed by atoms with Crippen molar-refractivity contribution in [1.29, 1.82) is 0 Å². The number of rotatable bonds is 6. The van der Waals surface area contributed by atoms with Crippen molar-refractivity contribution in [3.05, 3.63) is 60.7 Å². The van der Waals surface area contributed by atoms with Crippen LogP contribution >= 0.6 is 0 Å². The van der Waals surface area contributed by atoms with E-state index in [-0.39, 0.29) is 18.1 Å². The number of esters is 1. The molecule has 0 amide bonds. The predicted octanol–water partition coefficient (Wildman–Crippen LogP) is 4.30. The van der Waals surface area contributed by atoms with Crippen LogP contribution in [0.1, 0.15) is 38.0 Å². The molecule has 0 bridgehead atoms. The van der Waals surface area contributed by atoms with Crippen LogP contribution in [0.5, 0.6) is 5.75 Å². The topological polar surface area (TPSA) is 53.4 Å². The second-order valence-corrected chi connectivity index (χ2v) is 6.17. The summed E-state index contributed by atoms with van der Waals surface area (Å²) in [5.74, 6) is 0.608. The molecule has 5 nitrogen and oxygen atoms in total. The summed E-state index contributed by atoms with van der Waals surface area (Å²) in [7, 11) is 1.65. The minimum Gasteiger partial charge on any atom is -0.497 e. The number of fused-ring (bicyclic) bond motifs is 1. The zero-order valence-electron chi connectivity index (χ0n) is 14.7. The van der Waals surface area contributed by atoms with Crippen LogP contribution in [0.15, 0.2) is 55.1 Å². The lowest BCUT2D eigenvalue weighted by atomic mass is 10.0. The second-order valence-electron chi connectivity index (χ2n) is 6.17. The molecule has 3 aromatic rings. The average molecular weight is 338 g/mol. The van der Waals surface area contributed by atoms with E-state index in [1.807, 2.05) is 61.0 Å². The summed E-state index contributed by atoms with van der Waals surface area (Å²) < 4.78 is 12.7. The van der Waals surface area contributed by atoms with Crippen LogP contribution in [-0.2, 0) is 9.53 Å². The number of hydrogen-bond donors (Lipinski definition) is 0. The molecule has 5 heteroatoms. The number of aromatic nitrogens is 2. The molecule has 25 heavy (non-hydrogen) atoms. The van der Waals surface area contributed by atoms with E-state index in [0.717, 1.165) is 22.1 Å². The van der Waals surface area contributed by atoms with Gasteiger partial charge in [-0.2, -0.15) is 0 Å². The normalized spacial score (nSPS) is 13.4. The van der Waals surface area contributed by atoms with Crippen LogP contribution in [0.25, 0.3) is 10.8 Å². The lowest BCUT2D eigenvalue weighted by molar-refractivity contribution is -0.149. The number of carbonyl (C=O) groups is 1. The first kappa shape index (κ1) is 17.0. The maximum atomic E-state index is 12.2. The Hall–Kier alpha value is -2.82. The highest BCUT2D eigenvalue weighted by molar-refractivity contribution is 5.84. The lowest BCUT2D eigenvalue weighted by Gasteiger charge is -2.17. The van der Waals surface area contributed by atoms with Gasteiger partial charge in [0.25, 0.3) is 0 Å². The number of ether oxygens (including phenoxy) is 2. The molecule has 2 unspecified atom stereocenters. The Bertz CT molecular complexity index is 859. The molecule has 0 spiro atoms. The van der Waals surface area contributed by atoms with E-state index in [1.54, 1.807) is 19.6 Å². The van der Waals surface area contributed by atoms with Gasteiger partial charge in [-0.15, -0.1) is 0 Å². The number of carbonyl (C=O) groups excluding carboxylic acids is 1. The molecule has 0 radical (unpaired) electrons. The Morgan fingerprint density at radius 1 is 1.16 bits per heavy atom. The summed E-state index contributed by atoms with van der Waals surface area (Å²) in [4.78, 5) is 16.2. The maximum Gasteiger partial charge on any atom is 0.308 e. The van der Waals surface area contributed by atoms with Gasteiger partial charge in [-0.25, -0.2) is 4.98 Å². The summed E-state index contributed by atoms with van der Waals surface area (Å²) in [5.41, 5.74) is 0.973. The molecule has 3 rings (SSSR count). The monoisotopic (exact) mass is 338 g/mol. The zero-order chi connectivity index (χ0) is 17.8. The van der Waals surface area contributed by atoms with Gasteiger partial charge in [-0.3, -0.25) is 4.79 Å². The standard InChI is InChI=1S/C20H22N2O3/c1-14(22-9-8-21-13-22)10-20(23)25-15(2)16-4-5-18-12-19(24-3)7-6-17(18)11-16/h4-9,11-15H,10H2,1-3H3. The van der Waals surface area contributed by atoms with Crippen LogP contribution in [-0.4, -0.2) is 22.6 Å². The minimum atomic E-state index is -0.297. The molecule has 0 aliphatic heterocycles. The van der Waals surface area contributed by atoms with Crippen molar-refractivity contribution < 1.29 is 14.3 Å². The van der Waals surface area contributed by atoms with E-state index in [2.05, 4.69) is 4.98 Å². The van der Waals surface area contributed by atoms with Gasteiger partial charge in [-0.05, 0) is 48.4 Å². The Morgan fingerprint density at radius 3 is 2.64 bits per heavy atom. The number of imidazole rings is 1. The number of nitrogens with zero attached hydrogens (tertiary/aromatic N) is 2. The molecule has 0 fully saturated rings. The van der Waals surface area contributed by atoms with E-state index in [1.165, 1.54) is 0 Å². The molecule has 0 saturated heterocycles. The second kappa shape index (κ2) is 7.38. The third-order valence-corrected chi connectivity index (χ3v) is 4.35. The highest BCUT2D eigenvalue weighted by Crippen LogP contribution is 2.26. The zero-order valence-corrected chi connectivity index (χ0v) is 14.7. The molecule has 0 saturated carbocycles. The molecule has 0 N–H and O–H groups in total. The first-order valence-corrected chi connectivity index (χ1v) is 8.31. The summed E-state index contributed by atoms with van der Waals surface area (Å²) in [6, 6.07) is 12.0. The maximum absolute atomic E-state index is 12.2. The number of methoxy groups -OCH3 is 1. The predicted molar refractivity (Wildman–Crippen MR) is 96.6 cm³/mol. The highest BCUT2D eigenvalue weighted by atomic mass is 16.5. The smallest absolute Gasteiger partial charge is 0.308 e. The number of hydrogen-bond acceptors (Lipinski definition) is 4. The minimum absolute atomic E-state index is 0.0197. The van der Waals surface area contributed by atoms with Crippen LogP contribution in [0.4, 0.5) is 0 Å². The summed E-state index contributed by atoms with van der Waals surface area (Å²) >= 11 is 0. The SMILES string of the molecule is COc1ccc2cc(C(C)OC(=O)CC(C)n3ccnc3)ccc2c1. The van der Waals surface area contributed by atoms with Crippen molar-refractivity contribution in [2.45, 2.75) is 32.4 Å². The largest absolute Gasteiger partial charge is 0.497 e. The highest BCUT2D eigenvalue weighted by Gasteiger charge is 2.16. The van der Waals surface area contributed by atoms with Crippen molar-refractivity contribution in [2.24, 2.45) is 0 Å². The van der Waals surface area contributed by atoms with E-state index < -0.39 is 0 Å². The summed E-state index contributed by atoms with van der Waals surface area (Å²) in [6.45, 7) is 3.86. The summed E-state index contributed by atoms with van der Waals surface area (Å²) in [6.07, 6.45) is 5.27. The van der Waals surface area contributed by atoms with Gasteiger partial charge in [0, 0.05) is 18.4 Å². The Balaban J connectivity index is 1.67. The summed E-state index contributed by atoms with van der Waals surface area (Å²) in [5, 5.41) is 2.18. The Labute approximate surface area is 147 Å². The van der Waals surface area contributed by atoms with Crippen LogP contribution in [0.3, 0.4) is 0 Å². The molecule has 130 valence electrons. The van der Waals surface area contributed by atoms with Gasteiger partial charge in [0.15, 0.2) is 0 Å². The molecule has 0 aliphatic rings. The first-order chi connectivity index (χ1) is 12.1. The molecule has 2 aromatic carbocycles. The van der Waals surface area contributed by atoms with Gasteiger partial charge in [-0.1, -0.05) is 18.2 Å². The molecule has 1 aromatic heterocycles. The van der Waals surface area contributed by atoms with Crippen LogP contribution in [0, 0.1) is 0 Å². The van der Waals surface area contributed by atoms with Gasteiger partial charge in [0.05, 0.1) is 19.9 Å². The van der Waals surface area contributed by atoms with Gasteiger partial charge >= 0.3 is 5.97 Å². The molecule has 2 atom stereocenters. The van der Waals surface area contributed by atoms with Crippen molar-refractivity contribution in [2.75, 3.05) is 7.11 Å². The van der Waals surface area contributed by atoms with Gasteiger partial charge < -0.3 is 14.0 Å². The van der Waals surface area contributed by atoms with Crippen molar-refractivity contribution in [1.82, 2.24) is 9.55 Å². The quantitative estimate of drug-likeness (QED) is 0.629. The third-order valence-electron chi connectivity index (χ3n) is 4.35. The van der Waals surface area contributed by atoms with E-state index in [9.17, 15) is 4.79 Å². The Kier molecular flexibility index (Phi) is 5.03. The van der Waals surface area contributed by atoms with Crippen molar-refractivity contribution in [3.8, 4) is 5.75 Å². The van der Waals surface area contributed by atoms with Crippen molar-refractivity contribution in [3.63, 3.8) is 0 Å². The molecule has 1 heterocycles.